The lowest BCUT2D eigenvalue weighted by Gasteiger charge is -1.96. The Morgan fingerprint density at radius 2 is 2.71 bits per heavy atom. The van der Waals surface area contributed by atoms with Crippen molar-refractivity contribution in [1.82, 2.24) is 0 Å². The van der Waals surface area contributed by atoms with E-state index in [-0.39, 0.29) is 0 Å². The van der Waals surface area contributed by atoms with Crippen LogP contribution in [0.5, 0.6) is 0 Å². The molecule has 1 fully saturated rings. The lowest BCUT2D eigenvalue weighted by atomic mass is 10.5. The Balaban J connectivity index is 2.26. The summed E-state index contributed by atoms with van der Waals surface area (Å²) in [7, 11) is 0. The highest BCUT2D eigenvalue weighted by Crippen LogP contribution is 2.61. The molecule has 0 saturated carbocycles. The van der Waals surface area contributed by atoms with Gasteiger partial charge >= 0.3 is 0 Å². The zero-order chi connectivity index (χ0) is 5.28. The maximum atomic E-state index is 5.61. The molecule has 7 heavy (non-hydrogen) atoms. The van der Waals surface area contributed by atoms with Crippen LogP contribution in [0.1, 0.15) is 6.92 Å². The summed E-state index contributed by atoms with van der Waals surface area (Å²) < 4.78 is 5.15. The van der Waals surface area contributed by atoms with Crippen molar-refractivity contribution < 1.29 is 4.52 Å². The van der Waals surface area contributed by atoms with Gasteiger partial charge in [-0.15, -0.1) is 0 Å². The number of halogens is 1. The molecule has 2 atom stereocenters. The van der Waals surface area contributed by atoms with E-state index in [0.717, 1.165) is 5.75 Å². The molecule has 1 heterocycles. The van der Waals surface area contributed by atoms with Gasteiger partial charge in [-0.3, -0.25) is 0 Å². The minimum Gasteiger partial charge on any atom is -0.331 e. The number of hydrogen-bond donors (Lipinski definition) is 0. The summed E-state index contributed by atoms with van der Waals surface area (Å²) in [4.78, 5) is 0. The van der Waals surface area contributed by atoms with Crippen molar-refractivity contribution in [3.05, 3.63) is 0 Å². The van der Waals surface area contributed by atoms with Crippen LogP contribution in [0.25, 0.3) is 0 Å². The third kappa shape index (κ3) is 1.77. The lowest BCUT2D eigenvalue weighted by Crippen LogP contribution is -1.97. The van der Waals surface area contributed by atoms with Gasteiger partial charge in [0.25, 0.3) is 0 Å². The van der Waals surface area contributed by atoms with Crippen molar-refractivity contribution >= 4 is 29.3 Å². The van der Waals surface area contributed by atoms with Gasteiger partial charge in [-0.05, 0) is 6.92 Å². The van der Waals surface area contributed by atoms with Crippen LogP contribution in [0.15, 0.2) is 0 Å². The van der Waals surface area contributed by atoms with Crippen LogP contribution in [0, 0.1) is 0 Å². The van der Waals surface area contributed by atoms with Gasteiger partial charge in [-0.2, -0.15) is 0 Å². The molecule has 0 aromatic heterocycles. The normalized spacial score (nSPS) is 42.0. The molecule has 4 heteroatoms. The summed E-state index contributed by atoms with van der Waals surface area (Å²) in [6.45, 7) is 1.42. The molecule has 1 aliphatic rings. The fourth-order valence-corrected chi connectivity index (χ4v) is 3.80. The average molecular weight is 157 g/mol. The smallest absolute Gasteiger partial charge is 0.188 e. The molecular formula is C3H6ClOPS. The van der Waals surface area contributed by atoms with Crippen molar-refractivity contribution in [2.45, 2.75) is 13.0 Å². The van der Waals surface area contributed by atoms with E-state index in [1.165, 1.54) is 0 Å². The zero-order valence-corrected chi connectivity index (χ0v) is 6.39. The van der Waals surface area contributed by atoms with E-state index in [2.05, 4.69) is 0 Å². The first-order chi connectivity index (χ1) is 3.29. The Labute approximate surface area is 53.1 Å². The molecule has 0 spiro atoms. The molecule has 0 radical (unpaired) electrons. The number of hydrogen-bond acceptors (Lipinski definition) is 2. The minimum atomic E-state index is -0.615. The molecule has 1 unspecified atom stereocenters. The van der Waals surface area contributed by atoms with Crippen molar-refractivity contribution in [2.75, 3.05) is 5.75 Å². The quantitative estimate of drug-likeness (QED) is 0.499. The molecule has 1 saturated heterocycles. The van der Waals surface area contributed by atoms with Crippen LogP contribution < -0.4 is 0 Å². The lowest BCUT2D eigenvalue weighted by molar-refractivity contribution is 0.295. The Bertz CT molecular complexity index is 64.0. The van der Waals surface area contributed by atoms with Gasteiger partial charge in [0.1, 0.15) is 0 Å². The van der Waals surface area contributed by atoms with E-state index < -0.39 is 6.70 Å². The maximum absolute atomic E-state index is 5.61. The molecule has 1 aliphatic heterocycles. The third-order valence-electron chi connectivity index (χ3n) is 0.674. The fraction of sp³-hybridized carbons (Fsp3) is 1.00. The molecular weight excluding hydrogens is 151 g/mol. The second-order valence-corrected chi connectivity index (χ2v) is 5.94. The third-order valence-corrected chi connectivity index (χ3v) is 4.45. The van der Waals surface area contributed by atoms with Crippen LogP contribution in [0.4, 0.5) is 0 Å². The average Bonchev–Trinajstić information content (AvgIpc) is 1.87. The van der Waals surface area contributed by atoms with Gasteiger partial charge in [0, 0.05) is 5.75 Å². The van der Waals surface area contributed by atoms with E-state index in [4.69, 9.17) is 15.8 Å². The predicted molar refractivity (Wildman–Crippen MR) is 35.8 cm³/mol. The Morgan fingerprint density at radius 1 is 2.00 bits per heavy atom. The Kier molecular flexibility index (Phi) is 2.23. The van der Waals surface area contributed by atoms with Gasteiger partial charge in [0.15, 0.2) is 6.70 Å². The summed E-state index contributed by atoms with van der Waals surface area (Å²) in [6, 6.07) is 0. The molecule has 42 valence electrons. The van der Waals surface area contributed by atoms with Crippen molar-refractivity contribution in [1.29, 1.82) is 0 Å². The van der Waals surface area contributed by atoms with Crippen molar-refractivity contribution in [3.8, 4) is 0 Å². The molecule has 1 rings (SSSR count). The van der Waals surface area contributed by atoms with Crippen LogP contribution in [0.3, 0.4) is 0 Å². The van der Waals surface area contributed by atoms with Crippen LogP contribution in [0.2, 0.25) is 0 Å². The van der Waals surface area contributed by atoms with Crippen LogP contribution >= 0.6 is 29.3 Å². The van der Waals surface area contributed by atoms with Gasteiger partial charge < -0.3 is 4.52 Å². The topological polar surface area (TPSA) is 9.23 Å². The highest BCUT2D eigenvalue weighted by atomic mass is 35.7. The van der Waals surface area contributed by atoms with Crippen molar-refractivity contribution in [2.24, 2.45) is 0 Å². The van der Waals surface area contributed by atoms with E-state index in [1.54, 1.807) is 11.4 Å². The molecule has 0 bridgehead atoms. The first-order valence-corrected chi connectivity index (χ1v) is 5.80. The van der Waals surface area contributed by atoms with E-state index in [1.807, 2.05) is 6.92 Å². The predicted octanol–water partition coefficient (Wildman–Crippen LogP) is 2.60. The Hall–Kier alpha value is 1.03. The molecule has 0 aliphatic carbocycles. The van der Waals surface area contributed by atoms with Gasteiger partial charge in [-0.1, -0.05) is 22.6 Å². The largest absolute Gasteiger partial charge is 0.331 e. The van der Waals surface area contributed by atoms with Gasteiger partial charge in [-0.25, -0.2) is 0 Å². The molecule has 0 N–H and O–H groups in total. The molecule has 0 amide bonds. The second kappa shape index (κ2) is 2.54. The monoisotopic (exact) mass is 156 g/mol. The zero-order valence-electron chi connectivity index (χ0n) is 3.93. The second-order valence-electron chi connectivity index (χ2n) is 1.42. The van der Waals surface area contributed by atoms with Crippen molar-refractivity contribution in [3.63, 3.8) is 0 Å². The Morgan fingerprint density at radius 3 is 2.86 bits per heavy atom. The number of rotatable bonds is 0. The van der Waals surface area contributed by atoms with Crippen LogP contribution in [-0.4, -0.2) is 11.9 Å². The SMILES string of the molecule is C[C@H]1CSP(Cl)O1. The summed E-state index contributed by atoms with van der Waals surface area (Å²) in [5.41, 5.74) is 0. The standard InChI is InChI=1S/C3H6ClOPS/c1-3-2-7-6(4)5-3/h3H,2H2,1H3/t3-,6?/m0/s1. The first kappa shape index (κ1) is 6.15. The maximum Gasteiger partial charge on any atom is 0.188 e. The van der Waals surface area contributed by atoms with E-state index >= 15 is 0 Å². The summed E-state index contributed by atoms with van der Waals surface area (Å²) in [5, 5.41) is 0. The summed E-state index contributed by atoms with van der Waals surface area (Å²) >= 11 is 7.33. The molecule has 0 aromatic rings. The fourth-order valence-electron chi connectivity index (χ4n) is 0.366. The summed E-state index contributed by atoms with van der Waals surface area (Å²) in [5.74, 6) is 1.06. The van der Waals surface area contributed by atoms with E-state index in [9.17, 15) is 0 Å². The highest BCUT2D eigenvalue weighted by molar-refractivity contribution is 8.61. The molecule has 0 aromatic carbocycles. The highest BCUT2D eigenvalue weighted by Gasteiger charge is 2.19. The minimum absolute atomic E-state index is 0.383. The van der Waals surface area contributed by atoms with Gasteiger partial charge in [0.05, 0.1) is 6.10 Å². The van der Waals surface area contributed by atoms with Crippen LogP contribution in [-0.2, 0) is 4.52 Å². The summed E-state index contributed by atoms with van der Waals surface area (Å²) in [6.07, 6.45) is 0.383. The van der Waals surface area contributed by atoms with E-state index in [0.29, 0.717) is 6.10 Å². The molecule has 1 nitrogen and oxygen atoms in total. The first-order valence-electron chi connectivity index (χ1n) is 2.04. The van der Waals surface area contributed by atoms with Gasteiger partial charge in [0.2, 0.25) is 0 Å².